The molecule has 0 bridgehead atoms. The minimum atomic E-state index is -0.364. The monoisotopic (exact) mass is 267 g/mol. The molecule has 0 unspecified atom stereocenters. The fourth-order valence-electron chi connectivity index (χ4n) is 1.57. The molecule has 5 heteroatoms. The second-order valence-corrected chi connectivity index (χ2v) is 4.46. The van der Waals surface area contributed by atoms with Gasteiger partial charge in [0.25, 0.3) is 0 Å². The Kier molecular flexibility index (Phi) is 6.12. The highest BCUT2D eigenvalue weighted by atomic mass is 19.1. The predicted molar refractivity (Wildman–Crippen MR) is 76.0 cm³/mol. The zero-order valence-electron chi connectivity index (χ0n) is 12.0. The number of nitrogens with one attached hydrogen (secondary N) is 2. The highest BCUT2D eigenvalue weighted by Crippen LogP contribution is 2.17. The third-order valence-electron chi connectivity index (χ3n) is 2.41. The quantitative estimate of drug-likeness (QED) is 0.635. The van der Waals surface area contributed by atoms with Crippen molar-refractivity contribution in [3.63, 3.8) is 0 Å². The van der Waals surface area contributed by atoms with Crippen LogP contribution in [0.5, 0.6) is 5.75 Å². The molecule has 0 radical (unpaired) electrons. The number of guanidine groups is 1. The Balaban J connectivity index is 2.73. The van der Waals surface area contributed by atoms with Gasteiger partial charge in [-0.05, 0) is 38.5 Å². The molecule has 0 amide bonds. The van der Waals surface area contributed by atoms with Crippen molar-refractivity contribution >= 4 is 5.96 Å². The van der Waals surface area contributed by atoms with Gasteiger partial charge in [-0.25, -0.2) is 9.38 Å². The van der Waals surface area contributed by atoms with Crippen LogP contribution in [0.2, 0.25) is 0 Å². The van der Waals surface area contributed by atoms with Crippen LogP contribution in [0.4, 0.5) is 4.39 Å². The molecule has 0 fully saturated rings. The summed E-state index contributed by atoms with van der Waals surface area (Å²) in [5.74, 6) is 0.616. The molecule has 0 aliphatic heterocycles. The first kappa shape index (κ1) is 15.3. The summed E-state index contributed by atoms with van der Waals surface area (Å²) >= 11 is 0. The van der Waals surface area contributed by atoms with Gasteiger partial charge in [0.1, 0.15) is 0 Å². The summed E-state index contributed by atoms with van der Waals surface area (Å²) < 4.78 is 18.4. The van der Waals surface area contributed by atoms with Gasteiger partial charge < -0.3 is 15.4 Å². The molecule has 0 aliphatic rings. The fourth-order valence-corrected chi connectivity index (χ4v) is 1.57. The van der Waals surface area contributed by atoms with Crippen LogP contribution in [-0.4, -0.2) is 25.7 Å². The lowest BCUT2D eigenvalue weighted by Gasteiger charge is -2.14. The Hall–Kier alpha value is -1.78. The molecule has 4 nitrogen and oxygen atoms in total. The van der Waals surface area contributed by atoms with Crippen LogP contribution in [0.15, 0.2) is 23.2 Å². The summed E-state index contributed by atoms with van der Waals surface area (Å²) in [6, 6.07) is 5.17. The third-order valence-corrected chi connectivity index (χ3v) is 2.41. The van der Waals surface area contributed by atoms with E-state index in [9.17, 15) is 4.39 Å². The van der Waals surface area contributed by atoms with Gasteiger partial charge in [0.15, 0.2) is 17.5 Å². The van der Waals surface area contributed by atoms with Crippen molar-refractivity contribution in [1.29, 1.82) is 0 Å². The lowest BCUT2D eigenvalue weighted by atomic mass is 10.2. The maximum absolute atomic E-state index is 13.5. The third kappa shape index (κ3) is 5.16. The number of halogens is 1. The van der Waals surface area contributed by atoms with Crippen molar-refractivity contribution in [2.45, 2.75) is 33.4 Å². The number of methoxy groups -OCH3 is 1. The Morgan fingerprint density at radius 3 is 2.68 bits per heavy atom. The summed E-state index contributed by atoms with van der Waals surface area (Å²) in [6.45, 7) is 7.29. The first-order valence-electron chi connectivity index (χ1n) is 6.44. The van der Waals surface area contributed by atoms with Crippen molar-refractivity contribution in [2.24, 2.45) is 4.99 Å². The van der Waals surface area contributed by atoms with Gasteiger partial charge in [0.05, 0.1) is 13.7 Å². The fraction of sp³-hybridized carbons (Fsp3) is 0.500. The standard InChI is InChI=1S/C14H22FN3O/c1-5-16-14(18-10(2)3)17-9-11-6-7-13(19-4)12(15)8-11/h6-8,10H,5,9H2,1-4H3,(H2,16,17,18). The Morgan fingerprint density at radius 2 is 2.16 bits per heavy atom. The molecule has 0 aliphatic carbocycles. The molecule has 19 heavy (non-hydrogen) atoms. The van der Waals surface area contributed by atoms with E-state index in [2.05, 4.69) is 15.6 Å². The average molecular weight is 267 g/mol. The highest BCUT2D eigenvalue weighted by Gasteiger charge is 2.04. The van der Waals surface area contributed by atoms with Crippen LogP contribution < -0.4 is 15.4 Å². The normalized spacial score (nSPS) is 11.6. The minimum absolute atomic E-state index is 0.250. The van der Waals surface area contributed by atoms with Crippen LogP contribution in [-0.2, 0) is 6.54 Å². The van der Waals surface area contributed by atoms with Crippen LogP contribution in [0, 0.1) is 5.82 Å². The summed E-state index contributed by atoms with van der Waals surface area (Å²) in [5, 5.41) is 6.35. The Labute approximate surface area is 114 Å². The van der Waals surface area contributed by atoms with E-state index in [0.29, 0.717) is 12.6 Å². The topological polar surface area (TPSA) is 45.7 Å². The zero-order valence-corrected chi connectivity index (χ0v) is 12.0. The van der Waals surface area contributed by atoms with E-state index in [1.165, 1.54) is 13.2 Å². The van der Waals surface area contributed by atoms with Gasteiger partial charge in [0.2, 0.25) is 0 Å². The molecular formula is C14H22FN3O. The van der Waals surface area contributed by atoms with Crippen molar-refractivity contribution in [2.75, 3.05) is 13.7 Å². The first-order chi connectivity index (χ1) is 9.06. The molecule has 106 valence electrons. The van der Waals surface area contributed by atoms with Gasteiger partial charge in [-0.3, -0.25) is 0 Å². The highest BCUT2D eigenvalue weighted by molar-refractivity contribution is 5.79. The Bertz CT molecular complexity index is 433. The summed E-state index contributed by atoms with van der Waals surface area (Å²) in [4.78, 5) is 4.41. The summed E-state index contributed by atoms with van der Waals surface area (Å²) in [7, 11) is 1.45. The SMILES string of the molecule is CCNC(=NCc1ccc(OC)c(F)c1)NC(C)C. The number of ether oxygens (including phenoxy) is 1. The summed E-state index contributed by atoms with van der Waals surface area (Å²) in [6.07, 6.45) is 0. The zero-order chi connectivity index (χ0) is 14.3. The Morgan fingerprint density at radius 1 is 1.42 bits per heavy atom. The van der Waals surface area contributed by atoms with Crippen LogP contribution in [0.1, 0.15) is 26.3 Å². The largest absolute Gasteiger partial charge is 0.494 e. The van der Waals surface area contributed by atoms with E-state index in [1.54, 1.807) is 6.07 Å². The van der Waals surface area contributed by atoms with Gasteiger partial charge in [-0.1, -0.05) is 6.07 Å². The number of rotatable bonds is 5. The van der Waals surface area contributed by atoms with Gasteiger partial charge in [-0.15, -0.1) is 0 Å². The lowest BCUT2D eigenvalue weighted by molar-refractivity contribution is 0.386. The molecule has 0 saturated carbocycles. The number of aliphatic imine (C=N–C) groups is 1. The molecule has 0 atom stereocenters. The van der Waals surface area contributed by atoms with Crippen LogP contribution in [0.3, 0.4) is 0 Å². The number of hydrogen-bond acceptors (Lipinski definition) is 2. The van der Waals surface area contributed by atoms with Gasteiger partial charge in [0, 0.05) is 12.6 Å². The minimum Gasteiger partial charge on any atom is -0.494 e. The van der Waals surface area contributed by atoms with Crippen molar-refractivity contribution in [1.82, 2.24) is 10.6 Å². The number of benzene rings is 1. The summed E-state index contributed by atoms with van der Waals surface area (Å²) in [5.41, 5.74) is 0.805. The molecule has 0 saturated heterocycles. The molecule has 2 N–H and O–H groups in total. The van der Waals surface area contributed by atoms with E-state index >= 15 is 0 Å². The van der Waals surface area contributed by atoms with E-state index in [-0.39, 0.29) is 11.6 Å². The maximum atomic E-state index is 13.5. The second-order valence-electron chi connectivity index (χ2n) is 4.46. The van der Waals surface area contributed by atoms with Crippen molar-refractivity contribution < 1.29 is 9.13 Å². The van der Waals surface area contributed by atoms with Crippen LogP contribution >= 0.6 is 0 Å². The second kappa shape index (κ2) is 7.61. The predicted octanol–water partition coefficient (Wildman–Crippen LogP) is 2.30. The maximum Gasteiger partial charge on any atom is 0.191 e. The molecule has 0 spiro atoms. The van der Waals surface area contributed by atoms with Crippen molar-refractivity contribution in [3.8, 4) is 5.75 Å². The molecule has 1 rings (SSSR count). The molecule has 0 heterocycles. The van der Waals surface area contributed by atoms with Crippen molar-refractivity contribution in [3.05, 3.63) is 29.6 Å². The lowest BCUT2D eigenvalue weighted by Crippen LogP contribution is -2.40. The molecular weight excluding hydrogens is 245 g/mol. The molecule has 1 aromatic rings. The van der Waals surface area contributed by atoms with E-state index in [4.69, 9.17) is 4.74 Å². The average Bonchev–Trinajstić information content (AvgIpc) is 2.36. The van der Waals surface area contributed by atoms with Crippen LogP contribution in [0.25, 0.3) is 0 Å². The van der Waals surface area contributed by atoms with Gasteiger partial charge >= 0.3 is 0 Å². The number of hydrogen-bond donors (Lipinski definition) is 2. The smallest absolute Gasteiger partial charge is 0.191 e. The molecule has 0 aromatic heterocycles. The molecule has 1 aromatic carbocycles. The van der Waals surface area contributed by atoms with E-state index in [0.717, 1.165) is 18.1 Å². The van der Waals surface area contributed by atoms with E-state index < -0.39 is 0 Å². The number of nitrogens with zero attached hydrogens (tertiary/aromatic N) is 1. The van der Waals surface area contributed by atoms with Gasteiger partial charge in [-0.2, -0.15) is 0 Å². The first-order valence-corrected chi connectivity index (χ1v) is 6.44. The van der Waals surface area contributed by atoms with E-state index in [1.807, 2.05) is 26.8 Å².